The molecular weight excluding hydrogens is 430 g/mol. The molecule has 0 atom stereocenters. The van der Waals surface area contributed by atoms with E-state index < -0.39 is 24.5 Å². The number of ether oxygens (including phenoxy) is 1. The van der Waals surface area contributed by atoms with Gasteiger partial charge in [0.25, 0.3) is 6.10 Å². The second-order valence-electron chi connectivity index (χ2n) is 6.85. The van der Waals surface area contributed by atoms with Crippen molar-refractivity contribution in [3.8, 4) is 0 Å². The normalized spacial score (nSPS) is 16.1. The van der Waals surface area contributed by atoms with Gasteiger partial charge in [-0.2, -0.15) is 26.3 Å². The number of rotatable bonds is 4. The zero-order valence-electron chi connectivity index (χ0n) is 16.0. The Hall–Kier alpha value is -2.89. The average Bonchev–Trinajstić information content (AvgIpc) is 2.72. The van der Waals surface area contributed by atoms with Gasteiger partial charge in [-0.15, -0.1) is 0 Å². The van der Waals surface area contributed by atoms with E-state index in [9.17, 15) is 31.1 Å². The minimum absolute atomic E-state index is 0.0989. The number of alkyl halides is 6. The van der Waals surface area contributed by atoms with Crippen LogP contribution >= 0.6 is 0 Å². The molecule has 1 saturated heterocycles. The van der Waals surface area contributed by atoms with Gasteiger partial charge in [-0.05, 0) is 23.3 Å². The van der Waals surface area contributed by atoms with E-state index in [1.165, 1.54) is 0 Å². The summed E-state index contributed by atoms with van der Waals surface area (Å²) < 4.78 is 79.7. The molecule has 2 aromatic heterocycles. The summed E-state index contributed by atoms with van der Waals surface area (Å²) in [6.45, 7) is 0.203. The molecule has 6 nitrogen and oxygen atoms in total. The van der Waals surface area contributed by atoms with Crippen molar-refractivity contribution in [2.45, 2.75) is 24.5 Å². The summed E-state index contributed by atoms with van der Waals surface area (Å²) in [4.78, 5) is 23.0. The molecule has 0 radical (unpaired) electrons. The van der Waals surface area contributed by atoms with Gasteiger partial charge < -0.3 is 9.64 Å². The highest BCUT2D eigenvalue weighted by Crippen LogP contribution is 2.36. The lowest BCUT2D eigenvalue weighted by atomic mass is 9.99. The predicted octanol–water partition coefficient (Wildman–Crippen LogP) is 3.81. The van der Waals surface area contributed by atoms with Crippen molar-refractivity contribution in [1.29, 1.82) is 0 Å². The number of hydrogen-bond acceptors (Lipinski definition) is 5. The highest BCUT2D eigenvalue weighted by molar-refractivity contribution is 5.68. The smallest absolute Gasteiger partial charge is 0.426 e. The van der Waals surface area contributed by atoms with Gasteiger partial charge in [-0.1, -0.05) is 12.1 Å². The molecule has 1 aliphatic heterocycles. The van der Waals surface area contributed by atoms with Gasteiger partial charge in [-0.3, -0.25) is 14.9 Å². The molecule has 3 heterocycles. The topological polar surface area (TPSA) is 58.6 Å². The zero-order chi connectivity index (χ0) is 22.6. The summed E-state index contributed by atoms with van der Waals surface area (Å²) in [7, 11) is 0. The summed E-state index contributed by atoms with van der Waals surface area (Å²) in [5, 5.41) is 0. The van der Waals surface area contributed by atoms with Crippen molar-refractivity contribution in [1.82, 2.24) is 19.8 Å². The standard InChI is InChI=1S/C19H18F6N4O2/c20-18(21,22)16(19(23,24)25)31-17(30)29-9-7-28(8-10-29)15(13-3-1-5-26-11-13)14-4-2-6-27-12-14/h1-6,11-12,15-16H,7-10H2. The van der Waals surface area contributed by atoms with E-state index in [0.29, 0.717) is 0 Å². The van der Waals surface area contributed by atoms with Gasteiger partial charge in [0.15, 0.2) is 0 Å². The number of amides is 1. The third kappa shape index (κ3) is 5.63. The monoisotopic (exact) mass is 448 g/mol. The van der Waals surface area contributed by atoms with Crippen LogP contribution in [0.3, 0.4) is 0 Å². The van der Waals surface area contributed by atoms with Gasteiger partial charge in [0, 0.05) is 51.0 Å². The van der Waals surface area contributed by atoms with E-state index in [1.54, 1.807) is 36.9 Å². The van der Waals surface area contributed by atoms with Crippen molar-refractivity contribution in [2.75, 3.05) is 26.2 Å². The summed E-state index contributed by atoms with van der Waals surface area (Å²) in [5.74, 6) is 0. The van der Waals surface area contributed by atoms with Gasteiger partial charge >= 0.3 is 18.4 Å². The maximum atomic E-state index is 12.7. The lowest BCUT2D eigenvalue weighted by molar-refractivity contribution is -0.308. The van der Waals surface area contributed by atoms with E-state index in [2.05, 4.69) is 14.7 Å². The number of nitrogens with zero attached hydrogens (tertiary/aromatic N) is 4. The molecule has 0 saturated carbocycles. The number of hydrogen-bond donors (Lipinski definition) is 0. The Balaban J connectivity index is 1.70. The van der Waals surface area contributed by atoms with Crippen LogP contribution in [0.2, 0.25) is 0 Å². The molecule has 0 spiro atoms. The molecule has 1 fully saturated rings. The van der Waals surface area contributed by atoms with Crippen LogP contribution in [0.1, 0.15) is 17.2 Å². The van der Waals surface area contributed by atoms with Gasteiger partial charge in [0.05, 0.1) is 6.04 Å². The number of aromatic nitrogens is 2. The first-order chi connectivity index (χ1) is 14.6. The highest BCUT2D eigenvalue weighted by Gasteiger charge is 2.60. The Bertz CT molecular complexity index is 802. The fraction of sp³-hybridized carbons (Fsp3) is 0.421. The largest absolute Gasteiger partial charge is 0.434 e. The van der Waals surface area contributed by atoms with E-state index in [-0.39, 0.29) is 32.2 Å². The second-order valence-corrected chi connectivity index (χ2v) is 6.85. The molecular formula is C19H18F6N4O2. The summed E-state index contributed by atoms with van der Waals surface area (Å²) >= 11 is 0. The SMILES string of the molecule is O=C(OC(C(F)(F)F)C(F)(F)F)N1CCN(C(c2cccnc2)c2cccnc2)CC1. The van der Waals surface area contributed by atoms with Crippen LogP contribution in [-0.2, 0) is 4.74 Å². The maximum Gasteiger partial charge on any atom is 0.434 e. The van der Waals surface area contributed by atoms with Crippen molar-refractivity contribution in [3.05, 3.63) is 60.2 Å². The number of pyridine rings is 2. The van der Waals surface area contributed by atoms with Crippen LogP contribution in [0, 0.1) is 0 Å². The third-order valence-electron chi connectivity index (χ3n) is 4.75. The Morgan fingerprint density at radius 1 is 0.871 bits per heavy atom. The first-order valence-electron chi connectivity index (χ1n) is 9.20. The van der Waals surface area contributed by atoms with Crippen molar-refractivity contribution in [2.24, 2.45) is 0 Å². The van der Waals surface area contributed by atoms with Crippen LogP contribution in [0.4, 0.5) is 31.1 Å². The summed E-state index contributed by atoms with van der Waals surface area (Å²) in [6, 6.07) is 6.91. The minimum atomic E-state index is -5.75. The Kier molecular flexibility index (Phi) is 6.68. The molecule has 0 unspecified atom stereocenters. The molecule has 1 aliphatic rings. The molecule has 0 aromatic carbocycles. The van der Waals surface area contributed by atoms with Crippen LogP contribution in [0.5, 0.6) is 0 Å². The fourth-order valence-corrected chi connectivity index (χ4v) is 3.35. The molecule has 2 aromatic rings. The number of carbonyl (C=O) groups is 1. The number of halogens is 6. The fourth-order valence-electron chi connectivity index (χ4n) is 3.35. The lowest BCUT2D eigenvalue weighted by Crippen LogP contribution is -2.53. The number of piperazine rings is 1. The molecule has 1 amide bonds. The summed E-state index contributed by atoms with van der Waals surface area (Å²) in [5.41, 5.74) is 1.67. The molecule has 31 heavy (non-hydrogen) atoms. The highest BCUT2D eigenvalue weighted by atomic mass is 19.4. The first-order valence-corrected chi connectivity index (χ1v) is 9.20. The molecule has 12 heteroatoms. The van der Waals surface area contributed by atoms with E-state index in [1.807, 2.05) is 17.0 Å². The van der Waals surface area contributed by atoms with Crippen LogP contribution in [0.25, 0.3) is 0 Å². The molecule has 168 valence electrons. The predicted molar refractivity (Wildman–Crippen MR) is 95.8 cm³/mol. The van der Waals surface area contributed by atoms with Crippen molar-refractivity contribution >= 4 is 6.09 Å². The third-order valence-corrected chi connectivity index (χ3v) is 4.75. The minimum Gasteiger partial charge on any atom is -0.426 e. The van der Waals surface area contributed by atoms with Gasteiger partial charge in [0.1, 0.15) is 0 Å². The average molecular weight is 448 g/mol. The molecule has 3 rings (SSSR count). The Morgan fingerprint density at radius 3 is 1.74 bits per heavy atom. The summed E-state index contributed by atoms with van der Waals surface area (Å²) in [6.07, 6.45) is -10.8. The van der Waals surface area contributed by atoms with E-state index in [4.69, 9.17) is 0 Å². The lowest BCUT2D eigenvalue weighted by Gasteiger charge is -2.39. The van der Waals surface area contributed by atoms with Crippen molar-refractivity contribution < 1.29 is 35.9 Å². The molecule has 0 bridgehead atoms. The van der Waals surface area contributed by atoms with Crippen molar-refractivity contribution in [3.63, 3.8) is 0 Å². The maximum absolute atomic E-state index is 12.7. The van der Waals surface area contributed by atoms with Gasteiger partial charge in [0.2, 0.25) is 0 Å². The van der Waals surface area contributed by atoms with Gasteiger partial charge in [-0.25, -0.2) is 4.79 Å². The molecule has 0 N–H and O–H groups in total. The number of carbonyl (C=O) groups excluding carboxylic acids is 1. The first kappa shape index (κ1) is 22.8. The van der Waals surface area contributed by atoms with E-state index >= 15 is 0 Å². The Labute approximate surface area is 173 Å². The Morgan fingerprint density at radius 2 is 1.35 bits per heavy atom. The quantitative estimate of drug-likeness (QED) is 0.666. The van der Waals surface area contributed by atoms with Crippen LogP contribution in [-0.4, -0.2) is 70.5 Å². The second kappa shape index (κ2) is 9.08. The van der Waals surface area contributed by atoms with Crippen LogP contribution < -0.4 is 0 Å². The zero-order valence-corrected chi connectivity index (χ0v) is 16.0. The van der Waals surface area contributed by atoms with Crippen LogP contribution in [0.15, 0.2) is 49.1 Å². The van der Waals surface area contributed by atoms with E-state index in [0.717, 1.165) is 16.0 Å². The molecule has 0 aliphatic carbocycles.